The number of nitrogens with one attached hydrogen (secondary N) is 2. The predicted octanol–water partition coefficient (Wildman–Crippen LogP) is 2.86. The molecule has 0 aliphatic heterocycles. The van der Waals surface area contributed by atoms with E-state index in [1.165, 1.54) is 13.2 Å². The van der Waals surface area contributed by atoms with Gasteiger partial charge in [0.25, 0.3) is 11.8 Å². The van der Waals surface area contributed by atoms with Crippen LogP contribution in [-0.2, 0) is 4.74 Å². The standard InChI is InChI=1S/C19H20N2O4/c1-12(2)20-17(22)13-7-9-14(10-8-13)18(23)21-16-6-4-5-15(11-16)19(24)25-3/h4-12H,1-3H3,(H,20,22)(H,21,23). The van der Waals surface area contributed by atoms with Crippen LogP contribution in [0.5, 0.6) is 0 Å². The van der Waals surface area contributed by atoms with Crippen LogP contribution in [0.1, 0.15) is 44.9 Å². The van der Waals surface area contributed by atoms with Crippen LogP contribution in [0.4, 0.5) is 5.69 Å². The second-order valence-electron chi connectivity index (χ2n) is 5.73. The number of carbonyl (C=O) groups is 3. The minimum atomic E-state index is -0.475. The van der Waals surface area contributed by atoms with E-state index in [9.17, 15) is 14.4 Å². The summed E-state index contributed by atoms with van der Waals surface area (Å²) in [5.41, 5.74) is 1.72. The third-order valence-corrected chi connectivity index (χ3v) is 3.37. The first kappa shape index (κ1) is 18.2. The lowest BCUT2D eigenvalue weighted by atomic mass is 10.1. The highest BCUT2D eigenvalue weighted by molar-refractivity contribution is 6.05. The summed E-state index contributed by atoms with van der Waals surface area (Å²) in [7, 11) is 1.30. The van der Waals surface area contributed by atoms with Gasteiger partial charge in [0.1, 0.15) is 0 Å². The van der Waals surface area contributed by atoms with Gasteiger partial charge in [-0.15, -0.1) is 0 Å². The van der Waals surface area contributed by atoms with Crippen LogP contribution in [0.2, 0.25) is 0 Å². The molecule has 0 bridgehead atoms. The zero-order valence-corrected chi connectivity index (χ0v) is 14.3. The molecule has 0 radical (unpaired) electrons. The van der Waals surface area contributed by atoms with E-state index >= 15 is 0 Å². The Balaban J connectivity index is 2.08. The van der Waals surface area contributed by atoms with Gasteiger partial charge in [-0.1, -0.05) is 6.07 Å². The second-order valence-corrected chi connectivity index (χ2v) is 5.73. The van der Waals surface area contributed by atoms with Crippen molar-refractivity contribution >= 4 is 23.5 Å². The fourth-order valence-corrected chi connectivity index (χ4v) is 2.16. The average molecular weight is 340 g/mol. The van der Waals surface area contributed by atoms with E-state index in [1.54, 1.807) is 42.5 Å². The fraction of sp³-hybridized carbons (Fsp3) is 0.211. The van der Waals surface area contributed by atoms with Gasteiger partial charge in [-0.25, -0.2) is 4.79 Å². The highest BCUT2D eigenvalue weighted by Crippen LogP contribution is 2.14. The maximum atomic E-state index is 12.3. The smallest absolute Gasteiger partial charge is 0.337 e. The molecule has 25 heavy (non-hydrogen) atoms. The maximum Gasteiger partial charge on any atom is 0.337 e. The number of amides is 2. The molecule has 0 heterocycles. The quantitative estimate of drug-likeness (QED) is 0.820. The van der Waals surface area contributed by atoms with E-state index in [0.29, 0.717) is 22.4 Å². The normalized spacial score (nSPS) is 10.2. The number of esters is 1. The van der Waals surface area contributed by atoms with Crippen LogP contribution in [0.3, 0.4) is 0 Å². The van der Waals surface area contributed by atoms with E-state index in [4.69, 9.17) is 0 Å². The lowest BCUT2D eigenvalue weighted by Crippen LogP contribution is -2.30. The topological polar surface area (TPSA) is 84.5 Å². The van der Waals surface area contributed by atoms with Crippen LogP contribution in [0.15, 0.2) is 48.5 Å². The first-order chi connectivity index (χ1) is 11.9. The number of benzene rings is 2. The van der Waals surface area contributed by atoms with Crippen molar-refractivity contribution in [3.8, 4) is 0 Å². The van der Waals surface area contributed by atoms with Crippen LogP contribution >= 0.6 is 0 Å². The van der Waals surface area contributed by atoms with Gasteiger partial charge >= 0.3 is 5.97 Å². The summed E-state index contributed by atoms with van der Waals surface area (Å²) in [6, 6.07) is 12.9. The highest BCUT2D eigenvalue weighted by Gasteiger charge is 2.11. The molecular formula is C19H20N2O4. The van der Waals surface area contributed by atoms with Gasteiger partial charge in [0.2, 0.25) is 0 Å². The molecule has 2 amide bonds. The first-order valence-electron chi connectivity index (χ1n) is 7.81. The van der Waals surface area contributed by atoms with Gasteiger partial charge in [0.05, 0.1) is 12.7 Å². The van der Waals surface area contributed by atoms with Crippen molar-refractivity contribution in [2.75, 3.05) is 12.4 Å². The lowest BCUT2D eigenvalue weighted by Gasteiger charge is -2.09. The summed E-state index contributed by atoms with van der Waals surface area (Å²) in [6.45, 7) is 3.75. The van der Waals surface area contributed by atoms with Gasteiger partial charge in [-0.3, -0.25) is 9.59 Å². The van der Waals surface area contributed by atoms with E-state index in [0.717, 1.165) is 0 Å². The summed E-state index contributed by atoms with van der Waals surface area (Å²) in [5, 5.41) is 5.50. The molecule has 2 rings (SSSR count). The number of methoxy groups -OCH3 is 1. The Morgan fingerprint density at radius 3 is 2.04 bits per heavy atom. The molecule has 0 aliphatic carbocycles. The zero-order valence-electron chi connectivity index (χ0n) is 14.3. The molecule has 0 aliphatic rings. The van der Waals surface area contributed by atoms with Crippen molar-refractivity contribution in [1.82, 2.24) is 5.32 Å². The second kappa shape index (κ2) is 8.10. The molecule has 0 saturated carbocycles. The molecule has 0 fully saturated rings. The van der Waals surface area contributed by atoms with E-state index in [-0.39, 0.29) is 17.9 Å². The molecule has 6 nitrogen and oxygen atoms in total. The van der Waals surface area contributed by atoms with Crippen LogP contribution < -0.4 is 10.6 Å². The molecule has 2 aromatic carbocycles. The number of hydrogen-bond donors (Lipinski definition) is 2. The molecule has 0 unspecified atom stereocenters. The third kappa shape index (κ3) is 4.91. The lowest BCUT2D eigenvalue weighted by molar-refractivity contribution is 0.0600. The summed E-state index contributed by atoms with van der Waals surface area (Å²) in [5.74, 6) is -0.998. The van der Waals surface area contributed by atoms with Crippen molar-refractivity contribution in [2.24, 2.45) is 0 Å². The Morgan fingerprint density at radius 1 is 0.880 bits per heavy atom. The number of carbonyl (C=O) groups excluding carboxylic acids is 3. The van der Waals surface area contributed by atoms with Crippen molar-refractivity contribution < 1.29 is 19.1 Å². The Hall–Kier alpha value is -3.15. The first-order valence-corrected chi connectivity index (χ1v) is 7.81. The van der Waals surface area contributed by atoms with Gasteiger partial charge < -0.3 is 15.4 Å². The van der Waals surface area contributed by atoms with Crippen LogP contribution in [0.25, 0.3) is 0 Å². The highest BCUT2D eigenvalue weighted by atomic mass is 16.5. The molecule has 130 valence electrons. The SMILES string of the molecule is COC(=O)c1cccc(NC(=O)c2ccc(C(=O)NC(C)C)cc2)c1. The summed E-state index contributed by atoms with van der Waals surface area (Å²) < 4.78 is 4.65. The van der Waals surface area contributed by atoms with Crippen LogP contribution in [-0.4, -0.2) is 30.9 Å². The molecule has 6 heteroatoms. The molecule has 0 saturated heterocycles. The van der Waals surface area contributed by atoms with Gasteiger partial charge in [-0.05, 0) is 56.3 Å². The monoisotopic (exact) mass is 340 g/mol. The molecular weight excluding hydrogens is 320 g/mol. The van der Waals surface area contributed by atoms with Gasteiger partial charge in [-0.2, -0.15) is 0 Å². The summed E-state index contributed by atoms with van der Waals surface area (Å²) in [4.78, 5) is 35.7. The number of ether oxygens (including phenoxy) is 1. The fourth-order valence-electron chi connectivity index (χ4n) is 2.16. The van der Waals surface area contributed by atoms with Gasteiger partial charge in [0.15, 0.2) is 0 Å². The largest absolute Gasteiger partial charge is 0.465 e. The zero-order chi connectivity index (χ0) is 18.4. The Labute approximate surface area is 146 Å². The summed E-state index contributed by atoms with van der Waals surface area (Å²) in [6.07, 6.45) is 0. The summed E-state index contributed by atoms with van der Waals surface area (Å²) >= 11 is 0. The molecule has 2 aromatic rings. The van der Waals surface area contributed by atoms with Crippen molar-refractivity contribution in [3.05, 3.63) is 65.2 Å². The number of anilines is 1. The molecule has 0 atom stereocenters. The Morgan fingerprint density at radius 2 is 1.48 bits per heavy atom. The minimum Gasteiger partial charge on any atom is -0.465 e. The Bertz CT molecular complexity index is 782. The van der Waals surface area contributed by atoms with Gasteiger partial charge in [0, 0.05) is 22.9 Å². The van der Waals surface area contributed by atoms with Crippen molar-refractivity contribution in [2.45, 2.75) is 19.9 Å². The predicted molar refractivity (Wildman–Crippen MR) is 94.8 cm³/mol. The minimum absolute atomic E-state index is 0.0394. The van der Waals surface area contributed by atoms with E-state index in [1.807, 2.05) is 13.8 Å². The van der Waals surface area contributed by atoms with Crippen LogP contribution in [0, 0.1) is 0 Å². The Kier molecular flexibility index (Phi) is 5.89. The van der Waals surface area contributed by atoms with E-state index < -0.39 is 5.97 Å². The third-order valence-electron chi connectivity index (χ3n) is 3.37. The van der Waals surface area contributed by atoms with Crippen molar-refractivity contribution in [1.29, 1.82) is 0 Å². The molecule has 0 spiro atoms. The molecule has 2 N–H and O–H groups in total. The number of hydrogen-bond acceptors (Lipinski definition) is 4. The average Bonchev–Trinajstić information content (AvgIpc) is 2.60. The maximum absolute atomic E-state index is 12.3. The van der Waals surface area contributed by atoms with Crippen molar-refractivity contribution in [3.63, 3.8) is 0 Å². The number of rotatable bonds is 5. The molecule has 0 aromatic heterocycles. The van der Waals surface area contributed by atoms with E-state index in [2.05, 4.69) is 15.4 Å².